The Hall–Kier alpha value is -2.66. The molecular formula is C20H21FN2O2. The van der Waals surface area contributed by atoms with Gasteiger partial charge in [-0.15, -0.1) is 0 Å². The third-order valence-corrected chi connectivity index (χ3v) is 4.36. The van der Waals surface area contributed by atoms with Crippen molar-refractivity contribution in [3.05, 3.63) is 54.0 Å². The van der Waals surface area contributed by atoms with Crippen molar-refractivity contribution in [1.29, 1.82) is 0 Å². The number of aromatic nitrogens is 1. The maximum atomic E-state index is 14.1. The summed E-state index contributed by atoms with van der Waals surface area (Å²) < 4.78 is 19.1. The van der Waals surface area contributed by atoms with E-state index in [1.54, 1.807) is 12.3 Å². The molecule has 0 amide bonds. The van der Waals surface area contributed by atoms with E-state index in [2.05, 4.69) is 4.98 Å². The van der Waals surface area contributed by atoms with Crippen LogP contribution < -0.4 is 9.64 Å². The fourth-order valence-corrected chi connectivity index (χ4v) is 3.06. The van der Waals surface area contributed by atoms with Crippen molar-refractivity contribution in [3.63, 3.8) is 0 Å². The molecule has 0 aliphatic carbocycles. The molecule has 0 spiro atoms. The third kappa shape index (κ3) is 3.15. The van der Waals surface area contributed by atoms with Gasteiger partial charge in [-0.25, -0.2) is 9.37 Å². The number of hydrogen-bond acceptors (Lipinski definition) is 4. The Kier molecular flexibility index (Phi) is 4.86. The molecule has 3 rings (SSSR count). The highest BCUT2D eigenvalue weighted by atomic mass is 19.1. The summed E-state index contributed by atoms with van der Waals surface area (Å²) in [5.74, 6) is 0.624. The predicted octanol–water partition coefficient (Wildman–Crippen LogP) is 3.79. The molecule has 0 unspecified atom stereocenters. The highest BCUT2D eigenvalue weighted by Crippen LogP contribution is 2.35. The average Bonchev–Trinajstić information content (AvgIpc) is 2.61. The van der Waals surface area contributed by atoms with Crippen LogP contribution in [0, 0.1) is 12.7 Å². The van der Waals surface area contributed by atoms with Gasteiger partial charge in [0, 0.05) is 30.7 Å². The monoisotopic (exact) mass is 340 g/mol. The van der Waals surface area contributed by atoms with E-state index in [-0.39, 0.29) is 12.4 Å². The number of fused-ring (bicyclic) bond motifs is 1. The lowest BCUT2D eigenvalue weighted by Gasteiger charge is -2.21. The van der Waals surface area contributed by atoms with Gasteiger partial charge in [-0.2, -0.15) is 0 Å². The molecule has 25 heavy (non-hydrogen) atoms. The summed E-state index contributed by atoms with van der Waals surface area (Å²) in [6.45, 7) is 2.57. The number of nitrogens with zero attached hydrogens (tertiary/aromatic N) is 2. The zero-order chi connectivity index (χ0) is 18.0. The van der Waals surface area contributed by atoms with Crippen molar-refractivity contribution in [2.45, 2.75) is 6.92 Å². The highest BCUT2D eigenvalue weighted by Gasteiger charge is 2.15. The fourth-order valence-electron chi connectivity index (χ4n) is 3.06. The minimum absolute atomic E-state index is 0.0526. The molecule has 0 atom stereocenters. The Morgan fingerprint density at radius 3 is 2.72 bits per heavy atom. The normalized spacial score (nSPS) is 10.9. The Bertz CT molecular complexity index is 912. The van der Waals surface area contributed by atoms with E-state index in [0.29, 0.717) is 6.54 Å². The number of pyridine rings is 1. The van der Waals surface area contributed by atoms with E-state index < -0.39 is 5.82 Å². The third-order valence-electron chi connectivity index (χ3n) is 4.36. The summed E-state index contributed by atoms with van der Waals surface area (Å²) in [6.07, 6.45) is 1.76. The minimum atomic E-state index is -0.401. The lowest BCUT2D eigenvalue weighted by atomic mass is 9.97. The summed E-state index contributed by atoms with van der Waals surface area (Å²) in [5, 5.41) is 11.2. The summed E-state index contributed by atoms with van der Waals surface area (Å²) in [7, 11) is 3.35. The zero-order valence-corrected chi connectivity index (χ0v) is 14.6. The van der Waals surface area contributed by atoms with Crippen LogP contribution in [0.3, 0.4) is 0 Å². The van der Waals surface area contributed by atoms with Crippen molar-refractivity contribution in [1.82, 2.24) is 4.98 Å². The number of aryl methyl sites for hydroxylation is 1. The van der Waals surface area contributed by atoms with Gasteiger partial charge in [0.05, 0.1) is 13.7 Å². The maximum Gasteiger partial charge on any atom is 0.165 e. The number of ether oxygens (including phenoxy) is 1. The van der Waals surface area contributed by atoms with Crippen molar-refractivity contribution >= 4 is 16.6 Å². The second-order valence-electron chi connectivity index (χ2n) is 5.99. The molecule has 1 aromatic heterocycles. The van der Waals surface area contributed by atoms with Gasteiger partial charge >= 0.3 is 0 Å². The Morgan fingerprint density at radius 1 is 1.24 bits per heavy atom. The number of rotatable bonds is 5. The number of anilines is 1. The van der Waals surface area contributed by atoms with Gasteiger partial charge in [-0.1, -0.05) is 24.3 Å². The van der Waals surface area contributed by atoms with Gasteiger partial charge in [0.1, 0.15) is 5.82 Å². The van der Waals surface area contributed by atoms with Gasteiger partial charge in [0.2, 0.25) is 0 Å². The molecule has 0 saturated heterocycles. The van der Waals surface area contributed by atoms with E-state index in [1.165, 1.54) is 13.2 Å². The van der Waals surface area contributed by atoms with Crippen LogP contribution in [0.15, 0.2) is 42.6 Å². The Labute approximate surface area is 146 Å². The number of halogens is 1. The number of aliphatic hydroxyl groups excluding tert-OH is 1. The SMILES string of the molecule is COc1ccc(-c2cnc(N(C)CCO)c3c(C)cccc23)cc1F. The van der Waals surface area contributed by atoms with E-state index >= 15 is 0 Å². The van der Waals surface area contributed by atoms with Crippen molar-refractivity contribution in [2.75, 3.05) is 32.2 Å². The smallest absolute Gasteiger partial charge is 0.165 e. The summed E-state index contributed by atoms with van der Waals surface area (Å²) in [5.41, 5.74) is 2.69. The molecule has 0 fully saturated rings. The number of hydrogen-bond donors (Lipinski definition) is 1. The maximum absolute atomic E-state index is 14.1. The summed E-state index contributed by atoms with van der Waals surface area (Å²) in [4.78, 5) is 6.52. The second kappa shape index (κ2) is 7.07. The van der Waals surface area contributed by atoms with Crippen LogP contribution in [0.2, 0.25) is 0 Å². The average molecular weight is 340 g/mol. The minimum Gasteiger partial charge on any atom is -0.494 e. The van der Waals surface area contributed by atoms with E-state index in [9.17, 15) is 9.50 Å². The Morgan fingerprint density at radius 2 is 2.04 bits per heavy atom. The molecule has 0 aliphatic rings. The van der Waals surface area contributed by atoms with Crippen molar-refractivity contribution in [2.24, 2.45) is 0 Å². The molecule has 1 heterocycles. The van der Waals surface area contributed by atoms with Gasteiger partial charge in [-0.05, 0) is 35.6 Å². The molecule has 1 N–H and O–H groups in total. The van der Waals surface area contributed by atoms with E-state index in [1.807, 2.05) is 43.1 Å². The molecule has 0 aliphatic heterocycles. The molecule has 0 saturated carbocycles. The molecule has 0 bridgehead atoms. The van der Waals surface area contributed by atoms with Gasteiger partial charge in [-0.3, -0.25) is 0 Å². The highest BCUT2D eigenvalue weighted by molar-refractivity contribution is 6.03. The summed E-state index contributed by atoms with van der Waals surface area (Å²) in [6, 6.07) is 10.9. The molecular weight excluding hydrogens is 319 g/mol. The van der Waals surface area contributed by atoms with Crippen LogP contribution in [-0.2, 0) is 0 Å². The van der Waals surface area contributed by atoms with Crippen LogP contribution in [0.4, 0.5) is 10.2 Å². The number of benzene rings is 2. The first kappa shape index (κ1) is 17.2. The van der Waals surface area contributed by atoms with Crippen LogP contribution >= 0.6 is 0 Å². The predicted molar refractivity (Wildman–Crippen MR) is 98.8 cm³/mol. The van der Waals surface area contributed by atoms with E-state index in [0.717, 1.165) is 33.3 Å². The fraction of sp³-hybridized carbons (Fsp3) is 0.250. The largest absolute Gasteiger partial charge is 0.494 e. The van der Waals surface area contributed by atoms with Crippen molar-refractivity contribution in [3.8, 4) is 16.9 Å². The van der Waals surface area contributed by atoms with Crippen LogP contribution in [0.25, 0.3) is 21.9 Å². The van der Waals surface area contributed by atoms with E-state index in [4.69, 9.17) is 4.74 Å². The van der Waals surface area contributed by atoms with Gasteiger partial charge < -0.3 is 14.7 Å². The van der Waals surface area contributed by atoms with Crippen LogP contribution in [0.5, 0.6) is 5.75 Å². The Balaban J connectivity index is 2.23. The molecule has 2 aromatic carbocycles. The second-order valence-corrected chi connectivity index (χ2v) is 5.99. The molecule has 130 valence electrons. The first-order valence-electron chi connectivity index (χ1n) is 8.11. The number of aliphatic hydroxyl groups is 1. The zero-order valence-electron chi connectivity index (χ0n) is 14.6. The summed E-state index contributed by atoms with van der Waals surface area (Å²) >= 11 is 0. The first-order chi connectivity index (χ1) is 12.1. The van der Waals surface area contributed by atoms with Gasteiger partial charge in [0.15, 0.2) is 11.6 Å². The first-order valence-corrected chi connectivity index (χ1v) is 8.11. The molecule has 3 aromatic rings. The van der Waals surface area contributed by atoms with Gasteiger partial charge in [0.25, 0.3) is 0 Å². The molecule has 5 heteroatoms. The van der Waals surface area contributed by atoms with Crippen LogP contribution in [0.1, 0.15) is 5.56 Å². The lowest BCUT2D eigenvalue weighted by molar-refractivity contribution is 0.304. The molecule has 4 nitrogen and oxygen atoms in total. The quantitative estimate of drug-likeness (QED) is 0.768. The number of methoxy groups -OCH3 is 1. The standard InChI is InChI=1S/C20H21FN2O2/c1-13-5-4-6-15-16(14-7-8-18(25-3)17(21)11-14)12-22-20(19(13)15)23(2)9-10-24/h4-8,11-12,24H,9-10H2,1-3H3. The molecule has 0 radical (unpaired) electrons. The topological polar surface area (TPSA) is 45.6 Å². The lowest BCUT2D eigenvalue weighted by Crippen LogP contribution is -2.22. The van der Waals surface area contributed by atoms with Crippen LogP contribution in [-0.4, -0.2) is 37.4 Å². The number of likely N-dealkylation sites (N-methyl/N-ethyl adjacent to an activating group) is 1. The van der Waals surface area contributed by atoms with Crippen molar-refractivity contribution < 1.29 is 14.2 Å².